The zero-order chi connectivity index (χ0) is 28.8. The predicted molar refractivity (Wildman–Crippen MR) is 184 cm³/mol. The number of nitrogens with zero attached hydrogens (tertiary/aromatic N) is 2. The molecule has 2 heteroatoms. The van der Waals surface area contributed by atoms with E-state index in [1.165, 1.54) is 60.5 Å². The lowest BCUT2D eigenvalue weighted by Crippen LogP contribution is -2.08. The van der Waals surface area contributed by atoms with Gasteiger partial charge in [-0.1, -0.05) is 121 Å². The number of hydrogen-bond donors (Lipinski definition) is 0. The topological polar surface area (TPSA) is 8.17 Å². The fourth-order valence-corrected chi connectivity index (χ4v) is 6.46. The molecule has 0 aliphatic heterocycles. The number of benzene rings is 7. The van der Waals surface area contributed by atoms with Gasteiger partial charge in [-0.25, -0.2) is 0 Å². The van der Waals surface area contributed by atoms with Crippen molar-refractivity contribution in [1.82, 2.24) is 4.57 Å². The highest BCUT2D eigenvalue weighted by Crippen LogP contribution is 2.42. The van der Waals surface area contributed by atoms with Gasteiger partial charge in [-0.2, -0.15) is 0 Å². The summed E-state index contributed by atoms with van der Waals surface area (Å²) < 4.78 is 2.46. The Morgan fingerprint density at radius 1 is 0.465 bits per heavy atom. The van der Waals surface area contributed by atoms with Crippen LogP contribution in [0.3, 0.4) is 0 Å². The largest absolute Gasteiger partial charge is 0.345 e. The van der Waals surface area contributed by atoms with E-state index in [0.717, 1.165) is 11.4 Å². The molecular formula is C41H30N2. The monoisotopic (exact) mass is 550 g/mol. The van der Waals surface area contributed by atoms with Crippen molar-refractivity contribution in [3.05, 3.63) is 164 Å². The molecule has 0 fully saturated rings. The van der Waals surface area contributed by atoms with Crippen molar-refractivity contribution >= 4 is 44.0 Å². The van der Waals surface area contributed by atoms with Crippen LogP contribution < -0.4 is 4.90 Å². The Balaban J connectivity index is 1.37. The molecule has 1 aromatic heterocycles. The number of rotatable bonds is 5. The highest BCUT2D eigenvalue weighted by molar-refractivity contribution is 6.23. The van der Waals surface area contributed by atoms with Gasteiger partial charge in [0, 0.05) is 40.4 Å². The number of aromatic nitrogens is 1. The van der Waals surface area contributed by atoms with Crippen molar-refractivity contribution in [1.29, 1.82) is 0 Å². The lowest BCUT2D eigenvalue weighted by Gasteiger charge is -2.20. The van der Waals surface area contributed by atoms with E-state index in [1.807, 2.05) is 0 Å². The summed E-state index contributed by atoms with van der Waals surface area (Å²) in [6, 6.07) is 59.0. The van der Waals surface area contributed by atoms with Crippen molar-refractivity contribution in [2.24, 2.45) is 0 Å². The van der Waals surface area contributed by atoms with Crippen LogP contribution in [-0.4, -0.2) is 11.6 Å². The standard InChI is InChI=1S/C41H30N2/c1-42(33-16-6-3-7-17-33)34-25-22-31(23-26-34)37-20-11-21-38-40-36-19-9-8-14-30(36)24-27-39(40)43(41(37)38)35-18-10-15-32(28-35)29-12-4-2-5-13-29/h2-28H,1H3. The minimum atomic E-state index is 1.16. The van der Waals surface area contributed by atoms with Crippen LogP contribution in [0.25, 0.3) is 60.5 Å². The average molecular weight is 551 g/mol. The van der Waals surface area contributed by atoms with Crippen LogP contribution in [0, 0.1) is 0 Å². The number of para-hydroxylation sites is 2. The number of hydrogen-bond acceptors (Lipinski definition) is 1. The Labute approximate surface area is 251 Å². The molecule has 8 rings (SSSR count). The predicted octanol–water partition coefficient (Wildman–Crippen LogP) is 11.0. The van der Waals surface area contributed by atoms with Crippen molar-refractivity contribution < 1.29 is 0 Å². The Morgan fingerprint density at radius 3 is 1.93 bits per heavy atom. The molecule has 0 atom stereocenters. The maximum absolute atomic E-state index is 2.46. The van der Waals surface area contributed by atoms with E-state index in [0.29, 0.717) is 0 Å². The molecule has 0 amide bonds. The Bertz CT molecular complexity index is 2230. The van der Waals surface area contributed by atoms with Crippen LogP contribution in [0.5, 0.6) is 0 Å². The van der Waals surface area contributed by atoms with Crippen molar-refractivity contribution in [2.45, 2.75) is 0 Å². The van der Waals surface area contributed by atoms with Gasteiger partial charge in [0.15, 0.2) is 0 Å². The summed E-state index contributed by atoms with van der Waals surface area (Å²) in [5.74, 6) is 0. The highest BCUT2D eigenvalue weighted by Gasteiger charge is 2.19. The lowest BCUT2D eigenvalue weighted by molar-refractivity contribution is 1.18. The molecule has 0 unspecified atom stereocenters. The van der Waals surface area contributed by atoms with Gasteiger partial charge < -0.3 is 9.47 Å². The van der Waals surface area contributed by atoms with Crippen molar-refractivity contribution in [3.63, 3.8) is 0 Å². The quantitative estimate of drug-likeness (QED) is 0.207. The Hall–Kier alpha value is -5.60. The fourth-order valence-electron chi connectivity index (χ4n) is 6.46. The second-order valence-corrected chi connectivity index (χ2v) is 11.1. The minimum absolute atomic E-state index is 1.16. The fraction of sp³-hybridized carbons (Fsp3) is 0.0244. The van der Waals surface area contributed by atoms with Gasteiger partial charge in [-0.15, -0.1) is 0 Å². The molecule has 0 aliphatic rings. The molecule has 1 heterocycles. The van der Waals surface area contributed by atoms with Gasteiger partial charge in [-0.05, 0) is 69.9 Å². The third kappa shape index (κ3) is 4.27. The van der Waals surface area contributed by atoms with Crippen LogP contribution in [0.15, 0.2) is 164 Å². The summed E-state index contributed by atoms with van der Waals surface area (Å²) in [5, 5.41) is 5.09. The molecule has 43 heavy (non-hydrogen) atoms. The van der Waals surface area contributed by atoms with Crippen LogP contribution >= 0.6 is 0 Å². The van der Waals surface area contributed by atoms with Crippen LogP contribution in [-0.2, 0) is 0 Å². The van der Waals surface area contributed by atoms with E-state index in [1.54, 1.807) is 0 Å². The molecule has 0 N–H and O–H groups in total. The molecule has 0 saturated heterocycles. The first-order valence-electron chi connectivity index (χ1n) is 14.8. The molecule has 0 saturated carbocycles. The molecule has 2 nitrogen and oxygen atoms in total. The van der Waals surface area contributed by atoms with Crippen LogP contribution in [0.4, 0.5) is 11.4 Å². The summed E-state index contributed by atoms with van der Waals surface area (Å²) in [4.78, 5) is 2.22. The molecular weight excluding hydrogens is 520 g/mol. The van der Waals surface area contributed by atoms with Gasteiger partial charge >= 0.3 is 0 Å². The summed E-state index contributed by atoms with van der Waals surface area (Å²) >= 11 is 0. The zero-order valence-electron chi connectivity index (χ0n) is 24.0. The van der Waals surface area contributed by atoms with Crippen molar-refractivity contribution in [2.75, 3.05) is 11.9 Å². The molecule has 0 aliphatic carbocycles. The normalized spacial score (nSPS) is 11.4. The highest BCUT2D eigenvalue weighted by atomic mass is 15.1. The maximum atomic E-state index is 2.46. The summed E-state index contributed by atoms with van der Waals surface area (Å²) in [7, 11) is 2.12. The SMILES string of the molecule is CN(c1ccccc1)c1ccc(-c2cccc3c4c5ccccc5ccc4n(-c4cccc(-c5ccccc5)c4)c23)cc1. The number of anilines is 2. The van der Waals surface area contributed by atoms with Gasteiger partial charge in [-0.3, -0.25) is 0 Å². The minimum Gasteiger partial charge on any atom is -0.345 e. The molecule has 7 aromatic carbocycles. The van der Waals surface area contributed by atoms with Gasteiger partial charge in [0.2, 0.25) is 0 Å². The van der Waals surface area contributed by atoms with E-state index in [2.05, 4.69) is 180 Å². The zero-order valence-corrected chi connectivity index (χ0v) is 24.0. The Morgan fingerprint density at radius 2 is 1.12 bits per heavy atom. The van der Waals surface area contributed by atoms with Crippen LogP contribution in [0.2, 0.25) is 0 Å². The average Bonchev–Trinajstić information content (AvgIpc) is 3.44. The summed E-state index contributed by atoms with van der Waals surface area (Å²) in [6.45, 7) is 0. The smallest absolute Gasteiger partial charge is 0.0619 e. The van der Waals surface area contributed by atoms with Crippen molar-refractivity contribution in [3.8, 4) is 27.9 Å². The van der Waals surface area contributed by atoms with Crippen LogP contribution in [0.1, 0.15) is 0 Å². The molecule has 0 bridgehead atoms. The second-order valence-electron chi connectivity index (χ2n) is 11.1. The first kappa shape index (κ1) is 25.1. The Kier molecular flexibility index (Phi) is 6.05. The molecule has 8 aromatic rings. The molecule has 0 spiro atoms. The number of fused-ring (bicyclic) bond motifs is 5. The molecule has 0 radical (unpaired) electrons. The third-order valence-corrected chi connectivity index (χ3v) is 8.60. The maximum Gasteiger partial charge on any atom is 0.0619 e. The first-order chi connectivity index (χ1) is 21.3. The third-order valence-electron chi connectivity index (χ3n) is 8.60. The van der Waals surface area contributed by atoms with E-state index >= 15 is 0 Å². The van der Waals surface area contributed by atoms with E-state index in [9.17, 15) is 0 Å². The van der Waals surface area contributed by atoms with E-state index in [4.69, 9.17) is 0 Å². The summed E-state index contributed by atoms with van der Waals surface area (Å²) in [6.07, 6.45) is 0. The second kappa shape index (κ2) is 10.3. The van der Waals surface area contributed by atoms with Gasteiger partial charge in [0.05, 0.1) is 11.0 Å². The first-order valence-corrected chi connectivity index (χ1v) is 14.8. The van der Waals surface area contributed by atoms with Gasteiger partial charge in [0.1, 0.15) is 0 Å². The van der Waals surface area contributed by atoms with E-state index < -0.39 is 0 Å². The lowest BCUT2D eigenvalue weighted by atomic mass is 9.99. The summed E-state index contributed by atoms with van der Waals surface area (Å²) in [5.41, 5.74) is 10.8. The van der Waals surface area contributed by atoms with Gasteiger partial charge in [0.25, 0.3) is 0 Å². The molecule has 204 valence electrons. The van der Waals surface area contributed by atoms with E-state index in [-0.39, 0.29) is 0 Å².